The van der Waals surface area contributed by atoms with Crippen molar-refractivity contribution in [3.63, 3.8) is 0 Å². The number of rotatable bonds is 4. The second kappa shape index (κ2) is 5.82. The summed E-state index contributed by atoms with van der Waals surface area (Å²) in [7, 11) is 0. The number of hydrogen-bond acceptors (Lipinski definition) is 4. The van der Waals surface area contributed by atoms with Gasteiger partial charge in [0.2, 0.25) is 0 Å². The lowest BCUT2D eigenvalue weighted by molar-refractivity contribution is -0.140. The Morgan fingerprint density at radius 2 is 2.06 bits per heavy atom. The summed E-state index contributed by atoms with van der Waals surface area (Å²) in [6, 6.07) is 2.97. The van der Waals surface area contributed by atoms with E-state index in [1.54, 1.807) is 6.07 Å². The summed E-state index contributed by atoms with van der Waals surface area (Å²) in [4.78, 5) is 22.3. The summed E-state index contributed by atoms with van der Waals surface area (Å²) in [5.41, 5.74) is -0.0309. The predicted molar refractivity (Wildman–Crippen MR) is 66.8 cm³/mol. The van der Waals surface area contributed by atoms with Crippen molar-refractivity contribution in [2.45, 2.75) is 6.04 Å². The van der Waals surface area contributed by atoms with E-state index in [1.807, 2.05) is 22.6 Å². The molecule has 6 nitrogen and oxygen atoms in total. The lowest BCUT2D eigenvalue weighted by atomic mass is 10.1. The predicted octanol–water partition coefficient (Wildman–Crippen LogP) is 0.172. The highest BCUT2D eigenvalue weighted by Crippen LogP contribution is 2.19. The Bertz CT molecular complexity index is 448. The zero-order chi connectivity index (χ0) is 13.0. The molecule has 1 aromatic carbocycles. The summed E-state index contributed by atoms with van der Waals surface area (Å²) in [6.07, 6.45) is 0. The highest BCUT2D eigenvalue weighted by Gasteiger charge is 2.21. The first-order valence-corrected chi connectivity index (χ1v) is 5.66. The van der Waals surface area contributed by atoms with Crippen LogP contribution in [0.2, 0.25) is 0 Å². The molecule has 0 radical (unpaired) electrons. The second-order valence-corrected chi connectivity index (χ2v) is 4.45. The molecule has 0 unspecified atom stereocenters. The number of phenolic OH excluding ortho intramolecular Hbond substituents is 1. The molecule has 0 saturated carbocycles. The van der Waals surface area contributed by atoms with Crippen molar-refractivity contribution < 1.29 is 24.9 Å². The van der Waals surface area contributed by atoms with Gasteiger partial charge in [-0.2, -0.15) is 0 Å². The molecule has 1 aromatic rings. The van der Waals surface area contributed by atoms with Crippen molar-refractivity contribution in [2.75, 3.05) is 6.61 Å². The van der Waals surface area contributed by atoms with Crippen molar-refractivity contribution in [3.05, 3.63) is 27.3 Å². The summed E-state index contributed by atoms with van der Waals surface area (Å²) < 4.78 is 0.724. The number of carbonyl (C=O) groups is 2. The summed E-state index contributed by atoms with van der Waals surface area (Å²) in [5, 5.41) is 29.0. The van der Waals surface area contributed by atoms with E-state index in [0.717, 1.165) is 3.57 Å². The fourth-order valence-corrected chi connectivity index (χ4v) is 1.60. The van der Waals surface area contributed by atoms with Gasteiger partial charge in [0.15, 0.2) is 6.04 Å². The third-order valence-corrected chi connectivity index (χ3v) is 2.66. The highest BCUT2D eigenvalue weighted by molar-refractivity contribution is 14.1. The zero-order valence-corrected chi connectivity index (χ0v) is 10.7. The van der Waals surface area contributed by atoms with Crippen molar-refractivity contribution in [1.82, 2.24) is 5.32 Å². The van der Waals surface area contributed by atoms with Crippen LogP contribution in [0.4, 0.5) is 0 Å². The van der Waals surface area contributed by atoms with Crippen molar-refractivity contribution >= 4 is 34.5 Å². The number of aliphatic hydroxyl groups is 1. The lowest BCUT2D eigenvalue weighted by Crippen LogP contribution is -2.43. The van der Waals surface area contributed by atoms with Crippen LogP contribution in [0.1, 0.15) is 10.4 Å². The van der Waals surface area contributed by atoms with E-state index >= 15 is 0 Å². The van der Waals surface area contributed by atoms with Gasteiger partial charge in [-0.05, 0) is 40.8 Å². The first-order chi connectivity index (χ1) is 7.95. The Labute approximate surface area is 110 Å². The maximum atomic E-state index is 11.6. The van der Waals surface area contributed by atoms with Gasteiger partial charge >= 0.3 is 5.97 Å². The standard InChI is InChI=1S/C10H10INO5/c11-5-1-2-8(14)6(3-5)9(15)12-7(4-13)10(16)17/h1-3,7,13-14H,4H2,(H,12,15)(H,16,17)/t7-/m1/s1. The molecule has 0 heterocycles. The maximum absolute atomic E-state index is 11.6. The smallest absolute Gasteiger partial charge is 0.328 e. The van der Waals surface area contributed by atoms with E-state index in [1.165, 1.54) is 12.1 Å². The summed E-state index contributed by atoms with van der Waals surface area (Å²) in [6.45, 7) is -0.717. The van der Waals surface area contributed by atoms with Crippen LogP contribution in [-0.2, 0) is 4.79 Å². The Kier molecular flexibility index (Phi) is 4.70. The van der Waals surface area contributed by atoms with Crippen LogP contribution in [0.3, 0.4) is 0 Å². The molecule has 1 rings (SSSR count). The Hall–Kier alpha value is -1.35. The molecule has 0 aliphatic heterocycles. The number of hydrogen-bond donors (Lipinski definition) is 4. The average Bonchev–Trinajstić information content (AvgIpc) is 2.28. The molecule has 0 aromatic heterocycles. The highest BCUT2D eigenvalue weighted by atomic mass is 127. The van der Waals surface area contributed by atoms with Crippen LogP contribution < -0.4 is 5.32 Å². The second-order valence-electron chi connectivity index (χ2n) is 3.21. The molecule has 4 N–H and O–H groups in total. The van der Waals surface area contributed by atoms with E-state index in [4.69, 9.17) is 10.2 Å². The maximum Gasteiger partial charge on any atom is 0.328 e. The molecule has 0 aliphatic carbocycles. The van der Waals surface area contributed by atoms with Crippen LogP contribution >= 0.6 is 22.6 Å². The Morgan fingerprint density at radius 1 is 1.41 bits per heavy atom. The van der Waals surface area contributed by atoms with Gasteiger partial charge in [0, 0.05) is 3.57 Å². The Balaban J connectivity index is 2.89. The lowest BCUT2D eigenvalue weighted by Gasteiger charge is -2.12. The fourth-order valence-electron chi connectivity index (χ4n) is 1.11. The zero-order valence-electron chi connectivity index (χ0n) is 8.55. The molecular formula is C10H10INO5. The molecule has 92 valence electrons. The first kappa shape index (κ1) is 13.7. The van der Waals surface area contributed by atoms with E-state index in [2.05, 4.69) is 5.32 Å². The number of amides is 1. The molecule has 17 heavy (non-hydrogen) atoms. The van der Waals surface area contributed by atoms with Crippen LogP contribution in [0.15, 0.2) is 18.2 Å². The van der Waals surface area contributed by atoms with Gasteiger partial charge in [-0.3, -0.25) is 4.79 Å². The van der Waals surface area contributed by atoms with Gasteiger partial charge in [0.05, 0.1) is 12.2 Å². The van der Waals surface area contributed by atoms with E-state index < -0.39 is 24.5 Å². The summed E-state index contributed by atoms with van der Waals surface area (Å²) >= 11 is 1.95. The molecule has 0 saturated heterocycles. The Morgan fingerprint density at radius 3 is 2.59 bits per heavy atom. The average molecular weight is 351 g/mol. The van der Waals surface area contributed by atoms with Gasteiger partial charge in [0.25, 0.3) is 5.91 Å². The molecule has 0 aliphatic rings. The molecule has 1 atom stereocenters. The van der Waals surface area contributed by atoms with Gasteiger partial charge in [0.1, 0.15) is 5.75 Å². The molecule has 0 spiro atoms. The fraction of sp³-hybridized carbons (Fsp3) is 0.200. The topological polar surface area (TPSA) is 107 Å². The minimum absolute atomic E-state index is 0.0309. The number of halogens is 1. The van der Waals surface area contributed by atoms with Gasteiger partial charge in [-0.15, -0.1) is 0 Å². The largest absolute Gasteiger partial charge is 0.507 e. The van der Waals surface area contributed by atoms with Crippen LogP contribution in [0.25, 0.3) is 0 Å². The number of carbonyl (C=O) groups excluding carboxylic acids is 1. The van der Waals surface area contributed by atoms with Crippen molar-refractivity contribution in [3.8, 4) is 5.75 Å². The monoisotopic (exact) mass is 351 g/mol. The number of benzene rings is 1. The minimum Gasteiger partial charge on any atom is -0.507 e. The third kappa shape index (κ3) is 3.56. The molecule has 0 bridgehead atoms. The van der Waals surface area contributed by atoms with E-state index in [0.29, 0.717) is 0 Å². The van der Waals surface area contributed by atoms with Gasteiger partial charge < -0.3 is 20.6 Å². The normalized spacial score (nSPS) is 11.9. The van der Waals surface area contributed by atoms with Crippen molar-refractivity contribution in [2.24, 2.45) is 0 Å². The number of carboxylic acids is 1. The van der Waals surface area contributed by atoms with Crippen molar-refractivity contribution in [1.29, 1.82) is 0 Å². The van der Waals surface area contributed by atoms with E-state index in [9.17, 15) is 14.7 Å². The number of phenols is 1. The first-order valence-electron chi connectivity index (χ1n) is 4.58. The SMILES string of the molecule is O=C(N[C@H](CO)C(=O)O)c1cc(I)ccc1O. The van der Waals surface area contributed by atoms with Gasteiger partial charge in [-0.1, -0.05) is 0 Å². The number of carboxylic acid groups (broad SMARTS) is 1. The number of aliphatic hydroxyl groups excluding tert-OH is 1. The number of aliphatic carboxylic acids is 1. The van der Waals surface area contributed by atoms with Crippen LogP contribution in [0.5, 0.6) is 5.75 Å². The van der Waals surface area contributed by atoms with Crippen LogP contribution in [0, 0.1) is 3.57 Å². The minimum atomic E-state index is -1.39. The quantitative estimate of drug-likeness (QED) is 0.579. The van der Waals surface area contributed by atoms with Crippen LogP contribution in [-0.4, -0.2) is 39.8 Å². The van der Waals surface area contributed by atoms with Gasteiger partial charge in [-0.25, -0.2) is 4.79 Å². The number of nitrogens with one attached hydrogen (secondary N) is 1. The molecule has 7 heteroatoms. The number of aromatic hydroxyl groups is 1. The summed E-state index contributed by atoms with van der Waals surface area (Å²) in [5.74, 6) is -2.33. The molecular weight excluding hydrogens is 341 g/mol. The third-order valence-electron chi connectivity index (χ3n) is 1.99. The molecule has 1 amide bonds. The van der Waals surface area contributed by atoms with E-state index in [-0.39, 0.29) is 11.3 Å². The molecule has 0 fully saturated rings.